The predicted molar refractivity (Wildman–Crippen MR) is 70.3 cm³/mol. The normalized spacial score (nSPS) is 20.7. The molecule has 15 heavy (non-hydrogen) atoms. The molecule has 0 amide bonds. The van der Waals surface area contributed by atoms with Gasteiger partial charge < -0.3 is 11.1 Å². The number of benzene rings is 1. The molecule has 0 radical (unpaired) electrons. The van der Waals surface area contributed by atoms with Crippen molar-refractivity contribution < 1.29 is 0 Å². The number of anilines is 1. The zero-order chi connectivity index (χ0) is 10.7. The van der Waals surface area contributed by atoms with Gasteiger partial charge in [0.2, 0.25) is 0 Å². The molecule has 1 atom stereocenters. The number of nitrogens with one attached hydrogen (secondary N) is 1. The van der Waals surface area contributed by atoms with Crippen molar-refractivity contribution in [2.75, 3.05) is 18.0 Å². The van der Waals surface area contributed by atoms with Crippen LogP contribution in [0, 0.1) is 0 Å². The smallest absolute Gasteiger partial charge is 0.0453 e. The molecule has 1 aliphatic rings. The summed E-state index contributed by atoms with van der Waals surface area (Å²) in [6, 6.07) is 6.68. The Morgan fingerprint density at radius 3 is 3.13 bits per heavy atom. The van der Waals surface area contributed by atoms with Crippen molar-refractivity contribution in [2.45, 2.75) is 23.8 Å². The molecule has 3 N–H and O–H groups in total. The van der Waals surface area contributed by atoms with Crippen LogP contribution >= 0.6 is 27.7 Å². The molecule has 1 saturated heterocycles. The van der Waals surface area contributed by atoms with E-state index in [1.54, 1.807) is 0 Å². The monoisotopic (exact) mass is 286 g/mol. The van der Waals surface area contributed by atoms with E-state index in [4.69, 9.17) is 5.73 Å². The summed E-state index contributed by atoms with van der Waals surface area (Å²) < 4.78 is 1.10. The molecular weight excluding hydrogens is 272 g/mol. The number of hydrogen-bond donors (Lipinski definition) is 2. The molecule has 1 aliphatic heterocycles. The Bertz CT molecular complexity index is 337. The zero-order valence-electron chi connectivity index (χ0n) is 8.50. The third kappa shape index (κ3) is 3.13. The van der Waals surface area contributed by atoms with Crippen molar-refractivity contribution in [2.24, 2.45) is 0 Å². The lowest BCUT2D eigenvalue weighted by Crippen LogP contribution is -2.23. The van der Waals surface area contributed by atoms with Gasteiger partial charge in [-0.15, -0.1) is 11.8 Å². The van der Waals surface area contributed by atoms with Gasteiger partial charge in [0, 0.05) is 26.9 Å². The van der Waals surface area contributed by atoms with Crippen LogP contribution in [0.2, 0.25) is 0 Å². The standard InChI is InChI=1S/C11H15BrN2S/c12-8-3-4-10(13)11(6-8)15-7-9-2-1-5-14-9/h3-4,6,9,14H,1-2,5,7,13H2/t9-/m1/s1. The van der Waals surface area contributed by atoms with Gasteiger partial charge in [-0.3, -0.25) is 0 Å². The number of nitrogens with two attached hydrogens (primary N) is 1. The van der Waals surface area contributed by atoms with Gasteiger partial charge >= 0.3 is 0 Å². The van der Waals surface area contributed by atoms with Gasteiger partial charge in [0.25, 0.3) is 0 Å². The molecule has 2 nitrogen and oxygen atoms in total. The maximum Gasteiger partial charge on any atom is 0.0453 e. The highest BCUT2D eigenvalue weighted by Crippen LogP contribution is 2.29. The number of nitrogen functional groups attached to an aromatic ring is 1. The quantitative estimate of drug-likeness (QED) is 0.663. The van der Waals surface area contributed by atoms with Crippen LogP contribution in [0.4, 0.5) is 5.69 Å². The second kappa shape index (κ2) is 5.23. The number of halogens is 1. The lowest BCUT2D eigenvalue weighted by molar-refractivity contribution is 0.674. The SMILES string of the molecule is Nc1ccc(Br)cc1SC[C@H]1CCCN1. The Morgan fingerprint density at radius 2 is 2.40 bits per heavy atom. The van der Waals surface area contributed by atoms with Crippen molar-refractivity contribution in [3.05, 3.63) is 22.7 Å². The van der Waals surface area contributed by atoms with E-state index in [1.807, 2.05) is 23.9 Å². The van der Waals surface area contributed by atoms with Gasteiger partial charge in [-0.1, -0.05) is 15.9 Å². The fourth-order valence-electron chi connectivity index (χ4n) is 1.72. The minimum Gasteiger partial charge on any atom is -0.398 e. The van der Waals surface area contributed by atoms with Crippen LogP contribution < -0.4 is 11.1 Å². The fraction of sp³-hybridized carbons (Fsp3) is 0.455. The maximum absolute atomic E-state index is 5.91. The van der Waals surface area contributed by atoms with Crippen LogP contribution in [0.1, 0.15) is 12.8 Å². The first-order valence-electron chi connectivity index (χ1n) is 5.17. The van der Waals surface area contributed by atoms with Gasteiger partial charge in [-0.25, -0.2) is 0 Å². The van der Waals surface area contributed by atoms with E-state index in [9.17, 15) is 0 Å². The number of rotatable bonds is 3. The van der Waals surface area contributed by atoms with Crippen LogP contribution in [0.5, 0.6) is 0 Å². The van der Waals surface area contributed by atoms with Crippen molar-refractivity contribution in [1.82, 2.24) is 5.32 Å². The van der Waals surface area contributed by atoms with Gasteiger partial charge in [-0.05, 0) is 37.6 Å². The molecule has 0 aromatic heterocycles. The summed E-state index contributed by atoms with van der Waals surface area (Å²) in [6.45, 7) is 1.17. The molecule has 1 aromatic rings. The molecule has 82 valence electrons. The average molecular weight is 287 g/mol. The molecule has 1 heterocycles. The molecule has 1 fully saturated rings. The van der Waals surface area contributed by atoms with Crippen molar-refractivity contribution in [3.8, 4) is 0 Å². The molecule has 2 rings (SSSR count). The molecule has 0 spiro atoms. The number of thioether (sulfide) groups is 1. The van der Waals surface area contributed by atoms with Gasteiger partial charge in [0.1, 0.15) is 0 Å². The molecule has 0 unspecified atom stereocenters. The Balaban J connectivity index is 1.94. The van der Waals surface area contributed by atoms with E-state index >= 15 is 0 Å². The Hall–Kier alpha value is -0.190. The van der Waals surface area contributed by atoms with Crippen LogP contribution in [0.15, 0.2) is 27.6 Å². The van der Waals surface area contributed by atoms with E-state index in [2.05, 4.69) is 27.3 Å². The Labute approximate surface area is 103 Å². The van der Waals surface area contributed by atoms with E-state index in [-0.39, 0.29) is 0 Å². The van der Waals surface area contributed by atoms with E-state index in [1.165, 1.54) is 24.3 Å². The van der Waals surface area contributed by atoms with Crippen LogP contribution in [-0.2, 0) is 0 Å². The average Bonchev–Trinajstić information content (AvgIpc) is 2.72. The molecular formula is C11H15BrN2S. The van der Waals surface area contributed by atoms with Crippen molar-refractivity contribution >= 4 is 33.4 Å². The third-order valence-electron chi connectivity index (χ3n) is 2.58. The van der Waals surface area contributed by atoms with Crippen LogP contribution in [0.25, 0.3) is 0 Å². The summed E-state index contributed by atoms with van der Waals surface area (Å²) in [5, 5.41) is 3.49. The number of hydrogen-bond acceptors (Lipinski definition) is 3. The molecule has 1 aromatic carbocycles. The summed E-state index contributed by atoms with van der Waals surface area (Å²) in [5.74, 6) is 1.11. The summed E-state index contributed by atoms with van der Waals surface area (Å²) in [7, 11) is 0. The maximum atomic E-state index is 5.91. The van der Waals surface area contributed by atoms with Crippen LogP contribution in [-0.4, -0.2) is 18.3 Å². The molecule has 0 saturated carbocycles. The topological polar surface area (TPSA) is 38.0 Å². The van der Waals surface area contributed by atoms with Gasteiger partial charge in [0.05, 0.1) is 0 Å². The first-order chi connectivity index (χ1) is 7.25. The van der Waals surface area contributed by atoms with Gasteiger partial charge in [-0.2, -0.15) is 0 Å². The largest absolute Gasteiger partial charge is 0.398 e. The zero-order valence-corrected chi connectivity index (χ0v) is 10.9. The summed E-state index contributed by atoms with van der Waals surface area (Å²) >= 11 is 5.31. The third-order valence-corrected chi connectivity index (χ3v) is 4.30. The highest BCUT2D eigenvalue weighted by atomic mass is 79.9. The lowest BCUT2D eigenvalue weighted by Gasteiger charge is -2.11. The molecule has 4 heteroatoms. The first-order valence-corrected chi connectivity index (χ1v) is 6.95. The summed E-state index contributed by atoms with van der Waals surface area (Å²) in [4.78, 5) is 1.18. The highest BCUT2D eigenvalue weighted by molar-refractivity contribution is 9.10. The van der Waals surface area contributed by atoms with E-state index in [0.717, 1.165) is 15.9 Å². The van der Waals surface area contributed by atoms with Gasteiger partial charge in [0.15, 0.2) is 0 Å². The summed E-state index contributed by atoms with van der Waals surface area (Å²) in [6.07, 6.45) is 2.60. The Kier molecular flexibility index (Phi) is 3.94. The van der Waals surface area contributed by atoms with Crippen LogP contribution in [0.3, 0.4) is 0 Å². The Morgan fingerprint density at radius 1 is 1.53 bits per heavy atom. The summed E-state index contributed by atoms with van der Waals surface area (Å²) in [5.41, 5.74) is 6.79. The fourth-order valence-corrected chi connectivity index (χ4v) is 3.35. The second-order valence-corrected chi connectivity index (χ2v) is 5.76. The predicted octanol–water partition coefficient (Wildman–Crippen LogP) is 2.88. The van der Waals surface area contributed by atoms with E-state index < -0.39 is 0 Å². The van der Waals surface area contributed by atoms with Crippen molar-refractivity contribution in [1.29, 1.82) is 0 Å². The van der Waals surface area contributed by atoms with Crippen molar-refractivity contribution in [3.63, 3.8) is 0 Å². The van der Waals surface area contributed by atoms with E-state index in [0.29, 0.717) is 6.04 Å². The molecule has 0 bridgehead atoms. The minimum absolute atomic E-state index is 0.661. The first kappa shape index (κ1) is 11.3. The molecule has 0 aliphatic carbocycles. The lowest BCUT2D eigenvalue weighted by atomic mass is 10.3. The highest BCUT2D eigenvalue weighted by Gasteiger charge is 2.14. The minimum atomic E-state index is 0.661. The second-order valence-electron chi connectivity index (χ2n) is 3.79.